The maximum atomic E-state index is 11.4. The number of aromatic nitrogens is 3. The van der Waals surface area contributed by atoms with Crippen LogP contribution in [0.15, 0.2) is 41.7 Å². The fourth-order valence-electron chi connectivity index (χ4n) is 1.76. The first-order valence-corrected chi connectivity index (χ1v) is 6.53. The molecule has 2 rings (SSSR count). The van der Waals surface area contributed by atoms with E-state index in [0.29, 0.717) is 30.3 Å². The van der Waals surface area contributed by atoms with E-state index in [1.54, 1.807) is 12.4 Å². The zero-order chi connectivity index (χ0) is 14.4. The third kappa shape index (κ3) is 4.13. The molecular weight excluding hydrogens is 274 g/mol. The quantitative estimate of drug-likeness (QED) is 0.766. The summed E-state index contributed by atoms with van der Waals surface area (Å²) in [5, 5.41) is 0. The van der Waals surface area contributed by atoms with Gasteiger partial charge in [-0.05, 0) is 11.6 Å². The molecule has 0 aromatic carbocycles. The maximum absolute atomic E-state index is 11.4. The van der Waals surface area contributed by atoms with Crippen LogP contribution in [-0.4, -0.2) is 26.5 Å². The standard InChI is InChI=1S/C13H15N5OS/c14-11(20)3-5-18(8-10-2-1-4-15-7-10)12-6-13(19)17-9-16-12/h1-2,4,6-7,9H,3,5,8H2,(H2,14,20)(H,16,17,19). The molecule has 2 aromatic heterocycles. The van der Waals surface area contributed by atoms with Crippen LogP contribution in [0.4, 0.5) is 5.82 Å². The first kappa shape index (κ1) is 14.1. The van der Waals surface area contributed by atoms with Gasteiger partial charge >= 0.3 is 0 Å². The summed E-state index contributed by atoms with van der Waals surface area (Å²) < 4.78 is 0. The second-order valence-corrected chi connectivity index (χ2v) is 4.79. The summed E-state index contributed by atoms with van der Waals surface area (Å²) in [5.74, 6) is 0.592. The summed E-state index contributed by atoms with van der Waals surface area (Å²) in [4.78, 5) is 24.5. The van der Waals surface area contributed by atoms with Gasteiger partial charge in [0.25, 0.3) is 5.56 Å². The molecule has 0 saturated heterocycles. The van der Waals surface area contributed by atoms with E-state index in [-0.39, 0.29) is 5.56 Å². The van der Waals surface area contributed by atoms with Gasteiger partial charge in [0.2, 0.25) is 0 Å². The predicted molar refractivity (Wildman–Crippen MR) is 81.5 cm³/mol. The van der Waals surface area contributed by atoms with Gasteiger partial charge in [-0.1, -0.05) is 18.3 Å². The van der Waals surface area contributed by atoms with Crippen molar-refractivity contribution >= 4 is 23.0 Å². The Hall–Kier alpha value is -2.28. The lowest BCUT2D eigenvalue weighted by Crippen LogP contribution is -2.29. The lowest BCUT2D eigenvalue weighted by Gasteiger charge is -2.23. The fourth-order valence-corrected chi connectivity index (χ4v) is 1.85. The Balaban J connectivity index is 2.20. The molecule has 104 valence electrons. The third-order valence-electron chi connectivity index (χ3n) is 2.71. The zero-order valence-electron chi connectivity index (χ0n) is 10.8. The van der Waals surface area contributed by atoms with Crippen molar-refractivity contribution in [1.82, 2.24) is 15.0 Å². The fraction of sp³-hybridized carbons (Fsp3) is 0.231. The SMILES string of the molecule is NC(=S)CCN(Cc1cccnc1)c1cc(=O)[nH]cn1. The van der Waals surface area contributed by atoms with E-state index >= 15 is 0 Å². The van der Waals surface area contributed by atoms with Crippen LogP contribution < -0.4 is 16.2 Å². The lowest BCUT2D eigenvalue weighted by molar-refractivity contribution is 0.783. The van der Waals surface area contributed by atoms with Gasteiger partial charge < -0.3 is 15.6 Å². The minimum atomic E-state index is -0.193. The number of rotatable bonds is 6. The summed E-state index contributed by atoms with van der Waals surface area (Å²) in [6.07, 6.45) is 5.44. The van der Waals surface area contributed by atoms with Gasteiger partial charge in [0.1, 0.15) is 5.82 Å². The van der Waals surface area contributed by atoms with E-state index in [9.17, 15) is 4.79 Å². The molecule has 0 bridgehead atoms. The van der Waals surface area contributed by atoms with Crippen LogP contribution in [0.1, 0.15) is 12.0 Å². The van der Waals surface area contributed by atoms with Gasteiger partial charge in [-0.15, -0.1) is 0 Å². The molecule has 0 atom stereocenters. The van der Waals surface area contributed by atoms with Gasteiger partial charge in [0.05, 0.1) is 11.3 Å². The monoisotopic (exact) mass is 289 g/mol. The van der Waals surface area contributed by atoms with Crippen LogP contribution in [0.25, 0.3) is 0 Å². The van der Waals surface area contributed by atoms with Crippen LogP contribution in [-0.2, 0) is 6.54 Å². The Labute approximate surface area is 121 Å². The molecule has 2 aromatic rings. The highest BCUT2D eigenvalue weighted by Gasteiger charge is 2.10. The molecule has 2 heterocycles. The molecule has 0 amide bonds. The van der Waals surface area contributed by atoms with Crippen LogP contribution in [0.5, 0.6) is 0 Å². The molecule has 0 fully saturated rings. The average molecular weight is 289 g/mol. The zero-order valence-corrected chi connectivity index (χ0v) is 11.6. The average Bonchev–Trinajstić information content (AvgIpc) is 2.44. The Morgan fingerprint density at radius 3 is 3.00 bits per heavy atom. The molecule has 3 N–H and O–H groups in total. The Kier molecular flexibility index (Phi) is 4.78. The van der Waals surface area contributed by atoms with E-state index in [4.69, 9.17) is 18.0 Å². The normalized spacial score (nSPS) is 10.2. The summed E-state index contributed by atoms with van der Waals surface area (Å²) in [5.41, 5.74) is 6.38. The second kappa shape index (κ2) is 6.76. The van der Waals surface area contributed by atoms with E-state index < -0.39 is 0 Å². The van der Waals surface area contributed by atoms with Crippen LogP contribution >= 0.6 is 12.2 Å². The van der Waals surface area contributed by atoms with Gasteiger partial charge in [0, 0.05) is 38.0 Å². The number of nitrogens with one attached hydrogen (secondary N) is 1. The minimum absolute atomic E-state index is 0.193. The number of nitrogens with zero attached hydrogens (tertiary/aromatic N) is 3. The molecule has 0 aliphatic carbocycles. The van der Waals surface area contributed by atoms with Crippen molar-refractivity contribution in [2.24, 2.45) is 5.73 Å². The number of nitrogens with two attached hydrogens (primary N) is 1. The molecule has 0 aliphatic rings. The second-order valence-electron chi connectivity index (χ2n) is 4.27. The highest BCUT2D eigenvalue weighted by Crippen LogP contribution is 2.12. The van der Waals surface area contributed by atoms with Gasteiger partial charge in [-0.3, -0.25) is 9.78 Å². The Morgan fingerprint density at radius 1 is 1.50 bits per heavy atom. The molecule has 0 aliphatic heterocycles. The molecular formula is C13H15N5OS. The highest BCUT2D eigenvalue weighted by atomic mass is 32.1. The van der Waals surface area contributed by atoms with E-state index in [1.165, 1.54) is 12.4 Å². The van der Waals surface area contributed by atoms with Crippen molar-refractivity contribution in [3.05, 3.63) is 52.8 Å². The van der Waals surface area contributed by atoms with Crippen molar-refractivity contribution in [1.29, 1.82) is 0 Å². The first-order valence-electron chi connectivity index (χ1n) is 6.12. The van der Waals surface area contributed by atoms with Gasteiger partial charge in [0.15, 0.2) is 0 Å². The number of thiocarbonyl (C=S) groups is 1. The van der Waals surface area contributed by atoms with Crippen molar-refractivity contribution < 1.29 is 0 Å². The number of pyridine rings is 1. The summed E-state index contributed by atoms with van der Waals surface area (Å²) in [6, 6.07) is 5.29. The largest absolute Gasteiger partial charge is 0.393 e. The van der Waals surface area contributed by atoms with E-state index in [2.05, 4.69) is 15.0 Å². The molecule has 0 spiro atoms. The third-order valence-corrected chi connectivity index (χ3v) is 2.92. The molecule has 0 unspecified atom stereocenters. The molecule has 20 heavy (non-hydrogen) atoms. The number of hydrogen-bond acceptors (Lipinski definition) is 5. The first-order chi connectivity index (χ1) is 9.65. The van der Waals surface area contributed by atoms with Gasteiger partial charge in [-0.2, -0.15) is 0 Å². The highest BCUT2D eigenvalue weighted by molar-refractivity contribution is 7.80. The summed E-state index contributed by atoms with van der Waals surface area (Å²) >= 11 is 4.90. The van der Waals surface area contributed by atoms with Crippen molar-refractivity contribution in [2.45, 2.75) is 13.0 Å². The number of aromatic amines is 1. The molecule has 0 radical (unpaired) electrons. The summed E-state index contributed by atoms with van der Waals surface area (Å²) in [6.45, 7) is 1.19. The number of hydrogen-bond donors (Lipinski definition) is 2. The topological polar surface area (TPSA) is 87.9 Å². The molecule has 0 saturated carbocycles. The van der Waals surface area contributed by atoms with Crippen LogP contribution in [0, 0.1) is 0 Å². The number of anilines is 1. The van der Waals surface area contributed by atoms with Crippen molar-refractivity contribution in [3.63, 3.8) is 0 Å². The van der Waals surface area contributed by atoms with Crippen LogP contribution in [0.2, 0.25) is 0 Å². The Morgan fingerprint density at radius 2 is 2.35 bits per heavy atom. The van der Waals surface area contributed by atoms with Crippen LogP contribution in [0.3, 0.4) is 0 Å². The Bertz CT molecular complexity index is 628. The van der Waals surface area contributed by atoms with Crippen molar-refractivity contribution in [2.75, 3.05) is 11.4 Å². The minimum Gasteiger partial charge on any atom is -0.393 e. The van der Waals surface area contributed by atoms with E-state index in [1.807, 2.05) is 17.0 Å². The summed E-state index contributed by atoms with van der Waals surface area (Å²) in [7, 11) is 0. The van der Waals surface area contributed by atoms with Gasteiger partial charge in [-0.25, -0.2) is 4.98 Å². The lowest BCUT2D eigenvalue weighted by atomic mass is 10.2. The van der Waals surface area contributed by atoms with Crippen molar-refractivity contribution in [3.8, 4) is 0 Å². The molecule has 7 heteroatoms. The molecule has 6 nitrogen and oxygen atoms in total. The predicted octanol–water partition coefficient (Wildman–Crippen LogP) is 0.848. The number of H-pyrrole nitrogens is 1. The van der Waals surface area contributed by atoms with E-state index in [0.717, 1.165) is 5.56 Å². The smallest absolute Gasteiger partial charge is 0.252 e. The maximum Gasteiger partial charge on any atom is 0.252 e.